The molecule has 0 atom stereocenters. The van der Waals surface area contributed by atoms with Crippen LogP contribution in [0, 0.1) is 5.82 Å². The van der Waals surface area contributed by atoms with Gasteiger partial charge in [-0.05, 0) is 52.4 Å². The second kappa shape index (κ2) is 3.00. The van der Waals surface area contributed by atoms with E-state index >= 15 is 0 Å². The molecule has 0 aliphatic heterocycles. The fourth-order valence-electron chi connectivity index (χ4n) is 1.63. The first-order chi connectivity index (χ1) is 5.70. The molecule has 64 valence electrons. The average Bonchev–Trinajstić information content (AvgIpc) is 2.48. The number of aryl methyl sites for hydroxylation is 1. The van der Waals surface area contributed by atoms with Crippen molar-refractivity contribution in [2.45, 2.75) is 19.3 Å². The summed E-state index contributed by atoms with van der Waals surface area (Å²) in [6.07, 6.45) is 3.09. The molecule has 0 saturated carbocycles. The molecule has 0 heterocycles. The molecule has 1 aromatic rings. The van der Waals surface area contributed by atoms with E-state index in [1.54, 1.807) is 6.07 Å². The first-order valence-corrected chi connectivity index (χ1v) is 5.02. The molecule has 0 N–H and O–H groups in total. The predicted octanol–water partition coefficient (Wildman–Crippen LogP) is 3.73. The van der Waals surface area contributed by atoms with Crippen molar-refractivity contribution in [2.75, 3.05) is 0 Å². The maximum absolute atomic E-state index is 13.2. The zero-order chi connectivity index (χ0) is 8.72. The van der Waals surface area contributed by atoms with Crippen LogP contribution in [0.2, 0.25) is 5.02 Å². The monoisotopic (exact) mass is 248 g/mol. The van der Waals surface area contributed by atoms with Crippen LogP contribution in [0.15, 0.2) is 10.5 Å². The maximum Gasteiger partial charge on any atom is 0.156 e. The first kappa shape index (κ1) is 8.52. The summed E-state index contributed by atoms with van der Waals surface area (Å²) in [6, 6.07) is 1.74. The van der Waals surface area contributed by atoms with Crippen LogP contribution in [0.5, 0.6) is 0 Å². The highest BCUT2D eigenvalue weighted by Gasteiger charge is 2.18. The number of hydrogen-bond donors (Lipinski definition) is 0. The summed E-state index contributed by atoms with van der Waals surface area (Å²) >= 11 is 8.92. The third-order valence-corrected chi connectivity index (χ3v) is 3.33. The lowest BCUT2D eigenvalue weighted by Gasteiger charge is -2.04. The summed E-state index contributed by atoms with van der Waals surface area (Å²) in [5.41, 5.74) is 2.28. The van der Waals surface area contributed by atoms with Crippen molar-refractivity contribution in [1.82, 2.24) is 0 Å². The van der Waals surface area contributed by atoms with Crippen LogP contribution in [0.1, 0.15) is 17.5 Å². The summed E-state index contributed by atoms with van der Waals surface area (Å²) in [4.78, 5) is 0. The van der Waals surface area contributed by atoms with Crippen LogP contribution in [0.4, 0.5) is 4.39 Å². The van der Waals surface area contributed by atoms with Crippen molar-refractivity contribution in [2.24, 2.45) is 0 Å². The van der Waals surface area contributed by atoms with E-state index in [0.717, 1.165) is 24.8 Å². The largest absolute Gasteiger partial charge is 0.204 e. The van der Waals surface area contributed by atoms with Gasteiger partial charge in [-0.1, -0.05) is 11.6 Å². The van der Waals surface area contributed by atoms with Crippen LogP contribution < -0.4 is 0 Å². The van der Waals surface area contributed by atoms with Gasteiger partial charge in [0.05, 0.1) is 9.50 Å². The highest BCUT2D eigenvalue weighted by atomic mass is 79.9. The van der Waals surface area contributed by atoms with Crippen LogP contribution in [-0.4, -0.2) is 0 Å². The minimum Gasteiger partial charge on any atom is -0.204 e. The van der Waals surface area contributed by atoms with Gasteiger partial charge in [-0.3, -0.25) is 0 Å². The topological polar surface area (TPSA) is 0 Å². The molecule has 1 aromatic carbocycles. The molecule has 0 nitrogen and oxygen atoms in total. The Morgan fingerprint density at radius 1 is 1.42 bits per heavy atom. The molecule has 1 aliphatic carbocycles. The van der Waals surface area contributed by atoms with Gasteiger partial charge in [-0.15, -0.1) is 0 Å². The Hall–Kier alpha value is -0.0800. The molecule has 1 aliphatic rings. The Morgan fingerprint density at radius 3 is 2.92 bits per heavy atom. The summed E-state index contributed by atoms with van der Waals surface area (Å²) in [6.45, 7) is 0. The molecule has 0 saturated heterocycles. The lowest BCUT2D eigenvalue weighted by atomic mass is 10.1. The minimum atomic E-state index is -0.322. The van der Waals surface area contributed by atoms with E-state index in [9.17, 15) is 4.39 Å². The van der Waals surface area contributed by atoms with Crippen molar-refractivity contribution >= 4 is 27.5 Å². The normalized spacial score (nSPS) is 14.9. The van der Waals surface area contributed by atoms with E-state index in [-0.39, 0.29) is 10.8 Å². The molecule has 2 rings (SSSR count). The van der Waals surface area contributed by atoms with Gasteiger partial charge in [0.25, 0.3) is 0 Å². The lowest BCUT2D eigenvalue weighted by molar-refractivity contribution is 0.619. The zero-order valence-corrected chi connectivity index (χ0v) is 8.67. The molecule has 3 heteroatoms. The maximum atomic E-state index is 13.2. The van der Waals surface area contributed by atoms with Crippen molar-refractivity contribution in [1.29, 1.82) is 0 Å². The van der Waals surface area contributed by atoms with Crippen molar-refractivity contribution in [3.63, 3.8) is 0 Å². The van der Waals surface area contributed by atoms with E-state index in [0.29, 0.717) is 4.47 Å². The third-order valence-electron chi connectivity index (χ3n) is 2.23. The summed E-state index contributed by atoms with van der Waals surface area (Å²) in [7, 11) is 0. The Balaban J connectivity index is 2.67. The first-order valence-electron chi connectivity index (χ1n) is 3.85. The quantitative estimate of drug-likeness (QED) is 0.615. The van der Waals surface area contributed by atoms with Gasteiger partial charge >= 0.3 is 0 Å². The molecule has 0 aromatic heterocycles. The van der Waals surface area contributed by atoms with Crippen molar-refractivity contribution in [3.05, 3.63) is 32.5 Å². The standard InChI is InChI=1S/C9H7BrClF/c10-8-6-3-1-2-5(6)4-7(11)9(8)12/h4H,1-3H2. The highest BCUT2D eigenvalue weighted by Crippen LogP contribution is 2.34. The highest BCUT2D eigenvalue weighted by molar-refractivity contribution is 9.10. The molecule has 0 bridgehead atoms. The number of rotatable bonds is 0. The fourth-order valence-corrected chi connectivity index (χ4v) is 2.64. The number of hydrogen-bond acceptors (Lipinski definition) is 0. The van der Waals surface area contributed by atoms with Gasteiger partial charge in [0, 0.05) is 0 Å². The van der Waals surface area contributed by atoms with Crippen LogP contribution >= 0.6 is 27.5 Å². The fraction of sp³-hybridized carbons (Fsp3) is 0.333. The molecule has 0 radical (unpaired) electrons. The molecule has 0 amide bonds. The predicted molar refractivity (Wildman–Crippen MR) is 51.1 cm³/mol. The molecule has 0 unspecified atom stereocenters. The summed E-state index contributed by atoms with van der Waals surface area (Å²) < 4.78 is 13.8. The van der Waals surface area contributed by atoms with Gasteiger partial charge in [-0.2, -0.15) is 0 Å². The second-order valence-corrected chi connectivity index (χ2v) is 4.18. The number of benzene rings is 1. The number of fused-ring (bicyclic) bond motifs is 1. The lowest BCUT2D eigenvalue weighted by Crippen LogP contribution is -1.89. The van der Waals surface area contributed by atoms with Crippen molar-refractivity contribution < 1.29 is 4.39 Å². The molecule has 0 spiro atoms. The van der Waals surface area contributed by atoms with Gasteiger partial charge in [-0.25, -0.2) is 4.39 Å². The van der Waals surface area contributed by atoms with Crippen LogP contribution in [0.3, 0.4) is 0 Å². The number of halogens is 3. The summed E-state index contributed by atoms with van der Waals surface area (Å²) in [5, 5.41) is 0.225. The van der Waals surface area contributed by atoms with Gasteiger partial charge in [0.15, 0.2) is 5.82 Å². The Bertz CT molecular complexity index is 336. The molecular formula is C9H7BrClF. The minimum absolute atomic E-state index is 0.225. The van der Waals surface area contributed by atoms with Gasteiger partial charge in [0.2, 0.25) is 0 Å². The summed E-state index contributed by atoms with van der Waals surface area (Å²) in [5.74, 6) is -0.322. The second-order valence-electron chi connectivity index (χ2n) is 2.98. The van der Waals surface area contributed by atoms with E-state index in [1.165, 1.54) is 5.56 Å². The van der Waals surface area contributed by atoms with Crippen molar-refractivity contribution in [3.8, 4) is 0 Å². The SMILES string of the molecule is Fc1c(Cl)cc2c(c1Br)CCC2. The third kappa shape index (κ3) is 1.17. The van der Waals surface area contributed by atoms with E-state index in [1.807, 2.05) is 0 Å². The molecule has 12 heavy (non-hydrogen) atoms. The Labute approximate surface area is 83.9 Å². The Morgan fingerprint density at radius 2 is 2.17 bits per heavy atom. The van der Waals surface area contributed by atoms with E-state index in [2.05, 4.69) is 15.9 Å². The van der Waals surface area contributed by atoms with E-state index < -0.39 is 0 Å². The Kier molecular flexibility index (Phi) is 2.13. The molecular weight excluding hydrogens is 242 g/mol. The zero-order valence-electron chi connectivity index (χ0n) is 6.33. The van der Waals surface area contributed by atoms with Crippen LogP contribution in [0.25, 0.3) is 0 Å². The smallest absolute Gasteiger partial charge is 0.156 e. The average molecular weight is 250 g/mol. The van der Waals surface area contributed by atoms with E-state index in [4.69, 9.17) is 11.6 Å². The van der Waals surface area contributed by atoms with Gasteiger partial charge in [0.1, 0.15) is 0 Å². The van der Waals surface area contributed by atoms with Gasteiger partial charge < -0.3 is 0 Å². The van der Waals surface area contributed by atoms with Crippen LogP contribution in [-0.2, 0) is 12.8 Å². The molecule has 0 fully saturated rings.